The third kappa shape index (κ3) is 3.89. The van der Waals surface area contributed by atoms with Crippen LogP contribution in [0.4, 0.5) is 10.1 Å². The number of nitrogen functional groups attached to an aromatic ring is 1. The third-order valence-electron chi connectivity index (χ3n) is 3.10. The van der Waals surface area contributed by atoms with E-state index in [1.165, 1.54) is 6.07 Å². The summed E-state index contributed by atoms with van der Waals surface area (Å²) in [5.41, 5.74) is 5.19. The summed E-state index contributed by atoms with van der Waals surface area (Å²) in [5.74, 6) is -0.628. The first-order valence-electron chi connectivity index (χ1n) is 6.34. The average Bonchev–Trinajstić information content (AvgIpc) is 2.43. The lowest BCUT2D eigenvalue weighted by atomic mass is 10.3. The van der Waals surface area contributed by atoms with Crippen molar-refractivity contribution in [3.8, 4) is 0 Å². The van der Waals surface area contributed by atoms with Crippen LogP contribution in [0, 0.1) is 5.82 Å². The van der Waals surface area contributed by atoms with Crippen LogP contribution in [0.15, 0.2) is 23.1 Å². The molecule has 1 aliphatic rings. The maximum Gasteiger partial charge on any atom is 0.240 e. The van der Waals surface area contributed by atoms with Gasteiger partial charge in [-0.05, 0) is 18.2 Å². The van der Waals surface area contributed by atoms with Gasteiger partial charge in [-0.25, -0.2) is 17.5 Å². The lowest BCUT2D eigenvalue weighted by molar-refractivity contribution is 0.0390. The molecule has 0 bridgehead atoms. The number of nitrogens with one attached hydrogen (secondary N) is 1. The second-order valence-corrected chi connectivity index (χ2v) is 6.30. The number of anilines is 1. The smallest absolute Gasteiger partial charge is 0.240 e. The predicted molar refractivity (Wildman–Crippen MR) is 73.3 cm³/mol. The van der Waals surface area contributed by atoms with E-state index in [0.29, 0.717) is 26.3 Å². The van der Waals surface area contributed by atoms with Gasteiger partial charge in [-0.15, -0.1) is 0 Å². The van der Waals surface area contributed by atoms with E-state index in [1.54, 1.807) is 0 Å². The number of ether oxygens (including phenoxy) is 1. The first-order chi connectivity index (χ1) is 9.49. The number of hydrogen-bond acceptors (Lipinski definition) is 5. The first kappa shape index (κ1) is 15.2. The van der Waals surface area contributed by atoms with Gasteiger partial charge in [0.25, 0.3) is 0 Å². The average molecular weight is 303 g/mol. The van der Waals surface area contributed by atoms with Crippen molar-refractivity contribution in [2.45, 2.75) is 4.90 Å². The van der Waals surface area contributed by atoms with E-state index in [1.807, 2.05) is 0 Å². The highest BCUT2D eigenvalue weighted by Gasteiger charge is 2.16. The van der Waals surface area contributed by atoms with E-state index >= 15 is 0 Å². The van der Waals surface area contributed by atoms with Gasteiger partial charge in [0, 0.05) is 26.2 Å². The Morgan fingerprint density at radius 1 is 1.35 bits per heavy atom. The van der Waals surface area contributed by atoms with Gasteiger partial charge in [-0.2, -0.15) is 0 Å². The van der Waals surface area contributed by atoms with Crippen molar-refractivity contribution in [3.63, 3.8) is 0 Å². The van der Waals surface area contributed by atoms with Crippen LogP contribution in [0.25, 0.3) is 0 Å². The van der Waals surface area contributed by atoms with Gasteiger partial charge in [0.2, 0.25) is 10.0 Å². The Morgan fingerprint density at radius 3 is 2.70 bits per heavy atom. The molecule has 0 radical (unpaired) electrons. The van der Waals surface area contributed by atoms with Gasteiger partial charge >= 0.3 is 0 Å². The molecule has 8 heteroatoms. The largest absolute Gasteiger partial charge is 0.396 e. The monoisotopic (exact) mass is 303 g/mol. The van der Waals surface area contributed by atoms with Crippen LogP contribution >= 0.6 is 0 Å². The SMILES string of the molecule is Nc1cc(S(=O)(=O)NCCN2CCOCC2)ccc1F. The van der Waals surface area contributed by atoms with E-state index < -0.39 is 15.8 Å². The van der Waals surface area contributed by atoms with E-state index in [9.17, 15) is 12.8 Å². The fourth-order valence-electron chi connectivity index (χ4n) is 1.94. The van der Waals surface area contributed by atoms with Crippen molar-refractivity contribution in [2.75, 3.05) is 45.1 Å². The number of nitrogens with zero attached hydrogens (tertiary/aromatic N) is 1. The first-order valence-corrected chi connectivity index (χ1v) is 7.82. The maximum atomic E-state index is 13.0. The van der Waals surface area contributed by atoms with Crippen LogP contribution in [0.3, 0.4) is 0 Å². The Kier molecular flexibility index (Phi) is 4.92. The van der Waals surface area contributed by atoms with Gasteiger partial charge in [-0.1, -0.05) is 0 Å². The molecule has 1 aromatic carbocycles. The number of nitrogens with two attached hydrogens (primary N) is 1. The fraction of sp³-hybridized carbons (Fsp3) is 0.500. The highest BCUT2D eigenvalue weighted by atomic mass is 32.2. The minimum atomic E-state index is -3.65. The molecule has 0 spiro atoms. The zero-order valence-electron chi connectivity index (χ0n) is 11.0. The molecule has 0 aliphatic carbocycles. The quantitative estimate of drug-likeness (QED) is 0.749. The van der Waals surface area contributed by atoms with Crippen LogP contribution in [-0.2, 0) is 14.8 Å². The molecule has 1 aromatic rings. The lowest BCUT2D eigenvalue weighted by Gasteiger charge is -2.26. The number of morpholine rings is 1. The molecule has 0 unspecified atom stereocenters. The standard InChI is InChI=1S/C12H18FN3O3S/c13-11-2-1-10(9-12(11)14)20(17,18)15-3-4-16-5-7-19-8-6-16/h1-2,9,15H,3-8,14H2. The van der Waals surface area contributed by atoms with Gasteiger partial charge in [0.15, 0.2) is 0 Å². The number of benzene rings is 1. The highest BCUT2D eigenvalue weighted by Crippen LogP contribution is 2.16. The van der Waals surface area contributed by atoms with E-state index in [4.69, 9.17) is 10.5 Å². The van der Waals surface area contributed by atoms with Crippen LogP contribution in [0.1, 0.15) is 0 Å². The summed E-state index contributed by atoms with van der Waals surface area (Å²) in [6.07, 6.45) is 0. The number of sulfonamides is 1. The molecule has 0 amide bonds. The molecule has 1 saturated heterocycles. The molecule has 1 heterocycles. The van der Waals surface area contributed by atoms with Gasteiger partial charge in [0.05, 0.1) is 23.8 Å². The van der Waals surface area contributed by atoms with Crippen LogP contribution in [0.2, 0.25) is 0 Å². The van der Waals surface area contributed by atoms with Crippen LogP contribution in [-0.4, -0.2) is 52.7 Å². The predicted octanol–water partition coefficient (Wildman–Crippen LogP) is 0.0184. The zero-order chi connectivity index (χ0) is 14.6. The summed E-state index contributed by atoms with van der Waals surface area (Å²) in [6, 6.07) is 3.36. The zero-order valence-corrected chi connectivity index (χ0v) is 11.8. The molecular weight excluding hydrogens is 285 g/mol. The Balaban J connectivity index is 1.91. The summed E-state index contributed by atoms with van der Waals surface area (Å²) in [6.45, 7) is 3.83. The van der Waals surface area contributed by atoms with Crippen molar-refractivity contribution in [1.29, 1.82) is 0 Å². The summed E-state index contributed by atoms with van der Waals surface area (Å²) < 4.78 is 44.7. The van der Waals surface area contributed by atoms with Gasteiger partial charge < -0.3 is 10.5 Å². The van der Waals surface area contributed by atoms with E-state index in [2.05, 4.69) is 9.62 Å². The Bertz CT molecular complexity index is 559. The summed E-state index contributed by atoms with van der Waals surface area (Å²) in [4.78, 5) is 2.09. The van der Waals surface area contributed by atoms with Crippen molar-refractivity contribution in [3.05, 3.63) is 24.0 Å². The molecule has 0 atom stereocenters. The maximum absolute atomic E-state index is 13.0. The van der Waals surface area contributed by atoms with Crippen molar-refractivity contribution >= 4 is 15.7 Å². The second kappa shape index (κ2) is 6.49. The second-order valence-electron chi connectivity index (χ2n) is 4.54. The van der Waals surface area contributed by atoms with Crippen LogP contribution in [0.5, 0.6) is 0 Å². The molecule has 1 fully saturated rings. The molecule has 20 heavy (non-hydrogen) atoms. The van der Waals surface area contributed by atoms with Gasteiger partial charge in [0.1, 0.15) is 5.82 Å². The Morgan fingerprint density at radius 2 is 2.05 bits per heavy atom. The summed E-state index contributed by atoms with van der Waals surface area (Å²) in [5, 5.41) is 0. The third-order valence-corrected chi connectivity index (χ3v) is 4.56. The lowest BCUT2D eigenvalue weighted by Crippen LogP contribution is -2.41. The highest BCUT2D eigenvalue weighted by molar-refractivity contribution is 7.89. The normalized spacial score (nSPS) is 17.2. The summed E-state index contributed by atoms with van der Waals surface area (Å²) >= 11 is 0. The van der Waals surface area contributed by atoms with E-state index in [0.717, 1.165) is 25.2 Å². The summed E-state index contributed by atoms with van der Waals surface area (Å²) in [7, 11) is -3.65. The molecule has 2 rings (SSSR count). The Hall–Kier alpha value is -1.22. The van der Waals surface area contributed by atoms with Crippen molar-refractivity contribution in [2.24, 2.45) is 0 Å². The topological polar surface area (TPSA) is 84.7 Å². The minimum Gasteiger partial charge on any atom is -0.396 e. The van der Waals surface area contributed by atoms with Crippen molar-refractivity contribution < 1.29 is 17.5 Å². The number of rotatable bonds is 5. The number of hydrogen-bond donors (Lipinski definition) is 2. The Labute approximate surface area is 117 Å². The molecule has 0 aromatic heterocycles. The molecular formula is C12H18FN3O3S. The molecule has 0 saturated carbocycles. The van der Waals surface area contributed by atoms with Gasteiger partial charge in [-0.3, -0.25) is 4.90 Å². The fourth-order valence-corrected chi connectivity index (χ4v) is 2.99. The van der Waals surface area contributed by atoms with Crippen LogP contribution < -0.4 is 10.5 Å². The number of halogens is 1. The minimum absolute atomic E-state index is 0.0293. The molecule has 3 N–H and O–H groups in total. The van der Waals surface area contributed by atoms with Crippen molar-refractivity contribution in [1.82, 2.24) is 9.62 Å². The van der Waals surface area contributed by atoms with E-state index in [-0.39, 0.29) is 10.6 Å². The molecule has 1 aliphatic heterocycles. The molecule has 112 valence electrons. The molecule has 6 nitrogen and oxygen atoms in total.